The number of para-hydroxylation sites is 1. The van der Waals surface area contributed by atoms with Gasteiger partial charge in [-0.3, -0.25) is 0 Å². The van der Waals surface area contributed by atoms with Crippen LogP contribution in [0.15, 0.2) is 42.6 Å². The summed E-state index contributed by atoms with van der Waals surface area (Å²) in [5.74, 6) is 1.57. The van der Waals surface area contributed by atoms with Gasteiger partial charge in [0.1, 0.15) is 0 Å². The van der Waals surface area contributed by atoms with E-state index in [2.05, 4.69) is 47.7 Å². The van der Waals surface area contributed by atoms with Gasteiger partial charge in [-0.15, -0.1) is 0 Å². The summed E-state index contributed by atoms with van der Waals surface area (Å²) in [4.78, 5) is 3.36. The van der Waals surface area contributed by atoms with Gasteiger partial charge in [-0.1, -0.05) is 24.3 Å². The van der Waals surface area contributed by atoms with E-state index >= 15 is 0 Å². The Morgan fingerprint density at radius 2 is 1.83 bits per heavy atom. The van der Waals surface area contributed by atoms with E-state index in [1.54, 1.807) is 14.2 Å². The molecular formula is C20H24N2O2. The van der Waals surface area contributed by atoms with Gasteiger partial charge in [0.15, 0.2) is 11.5 Å². The number of aromatic amines is 1. The van der Waals surface area contributed by atoms with E-state index in [1.807, 2.05) is 12.1 Å². The summed E-state index contributed by atoms with van der Waals surface area (Å²) in [7, 11) is 3.34. The summed E-state index contributed by atoms with van der Waals surface area (Å²) in [6.07, 6.45) is 3.10. The van der Waals surface area contributed by atoms with E-state index in [0.717, 1.165) is 36.6 Å². The van der Waals surface area contributed by atoms with Crippen molar-refractivity contribution in [2.24, 2.45) is 0 Å². The molecule has 0 spiro atoms. The predicted octanol–water partition coefficient (Wildman–Crippen LogP) is 3.83. The Labute approximate surface area is 142 Å². The molecule has 3 rings (SSSR count). The van der Waals surface area contributed by atoms with Crippen LogP contribution in [0.25, 0.3) is 10.9 Å². The first kappa shape index (κ1) is 16.4. The van der Waals surface area contributed by atoms with E-state index in [-0.39, 0.29) is 0 Å². The highest BCUT2D eigenvalue weighted by atomic mass is 16.5. The second-order valence-corrected chi connectivity index (χ2v) is 5.89. The van der Waals surface area contributed by atoms with E-state index < -0.39 is 0 Å². The summed E-state index contributed by atoms with van der Waals surface area (Å²) >= 11 is 0. The molecule has 0 radical (unpaired) electrons. The number of methoxy groups -OCH3 is 2. The Kier molecular flexibility index (Phi) is 5.06. The minimum Gasteiger partial charge on any atom is -0.493 e. The monoisotopic (exact) mass is 324 g/mol. The van der Waals surface area contributed by atoms with Crippen molar-refractivity contribution in [3.8, 4) is 11.5 Å². The predicted molar refractivity (Wildman–Crippen MR) is 98.0 cm³/mol. The number of hydrogen-bond acceptors (Lipinski definition) is 3. The van der Waals surface area contributed by atoms with Gasteiger partial charge in [0.25, 0.3) is 0 Å². The number of fused-ring (bicyclic) bond motifs is 1. The van der Waals surface area contributed by atoms with Crippen molar-refractivity contribution >= 4 is 10.9 Å². The van der Waals surface area contributed by atoms with Crippen LogP contribution in [-0.4, -0.2) is 25.7 Å². The smallest absolute Gasteiger partial charge is 0.165 e. The fourth-order valence-corrected chi connectivity index (χ4v) is 3.19. The van der Waals surface area contributed by atoms with Gasteiger partial charge in [0.2, 0.25) is 0 Å². The molecule has 0 aliphatic rings. The average molecular weight is 324 g/mol. The quantitative estimate of drug-likeness (QED) is 0.649. The van der Waals surface area contributed by atoms with Crippen LogP contribution in [-0.2, 0) is 13.0 Å². The van der Waals surface area contributed by atoms with Crippen LogP contribution in [0.4, 0.5) is 0 Å². The van der Waals surface area contributed by atoms with Gasteiger partial charge in [0.05, 0.1) is 14.2 Å². The molecule has 0 amide bonds. The van der Waals surface area contributed by atoms with Crippen LogP contribution in [0.2, 0.25) is 0 Å². The zero-order chi connectivity index (χ0) is 16.9. The molecule has 24 heavy (non-hydrogen) atoms. The third-order valence-corrected chi connectivity index (χ3v) is 4.37. The van der Waals surface area contributed by atoms with Gasteiger partial charge in [-0.2, -0.15) is 0 Å². The van der Waals surface area contributed by atoms with E-state index in [9.17, 15) is 0 Å². The molecule has 126 valence electrons. The molecule has 3 aromatic rings. The van der Waals surface area contributed by atoms with Gasteiger partial charge in [0, 0.05) is 29.2 Å². The first-order valence-corrected chi connectivity index (χ1v) is 8.20. The van der Waals surface area contributed by atoms with Crippen molar-refractivity contribution in [3.05, 3.63) is 59.3 Å². The number of rotatable bonds is 7. The van der Waals surface area contributed by atoms with Crippen molar-refractivity contribution < 1.29 is 9.47 Å². The Morgan fingerprint density at radius 1 is 1.00 bits per heavy atom. The van der Waals surface area contributed by atoms with Crippen LogP contribution in [0.3, 0.4) is 0 Å². The summed E-state index contributed by atoms with van der Waals surface area (Å²) in [5, 5.41) is 4.85. The van der Waals surface area contributed by atoms with Gasteiger partial charge < -0.3 is 19.8 Å². The van der Waals surface area contributed by atoms with Crippen LogP contribution in [0.5, 0.6) is 11.5 Å². The fourth-order valence-electron chi connectivity index (χ4n) is 3.19. The van der Waals surface area contributed by atoms with Crippen LogP contribution >= 0.6 is 0 Å². The largest absolute Gasteiger partial charge is 0.493 e. The highest BCUT2D eigenvalue weighted by Crippen LogP contribution is 2.30. The summed E-state index contributed by atoms with van der Waals surface area (Å²) in [5.41, 5.74) is 4.98. The SMILES string of the molecule is COc1cccc(CNCCc2c[nH]c3cccc(C)c23)c1OC. The lowest BCUT2D eigenvalue weighted by molar-refractivity contribution is 0.350. The first-order valence-electron chi connectivity index (χ1n) is 8.20. The van der Waals surface area contributed by atoms with Crippen molar-refractivity contribution in [2.75, 3.05) is 20.8 Å². The average Bonchev–Trinajstić information content (AvgIpc) is 3.02. The zero-order valence-electron chi connectivity index (χ0n) is 14.5. The highest BCUT2D eigenvalue weighted by molar-refractivity contribution is 5.86. The normalized spacial score (nSPS) is 11.0. The van der Waals surface area contributed by atoms with Crippen LogP contribution in [0.1, 0.15) is 16.7 Å². The van der Waals surface area contributed by atoms with Crippen LogP contribution < -0.4 is 14.8 Å². The maximum atomic E-state index is 5.47. The van der Waals surface area contributed by atoms with Gasteiger partial charge in [-0.25, -0.2) is 0 Å². The second-order valence-electron chi connectivity index (χ2n) is 5.89. The Balaban J connectivity index is 1.63. The molecule has 0 bridgehead atoms. The summed E-state index contributed by atoms with van der Waals surface area (Å²) < 4.78 is 10.8. The molecule has 0 saturated carbocycles. The maximum absolute atomic E-state index is 5.47. The number of benzene rings is 2. The molecule has 4 nitrogen and oxygen atoms in total. The lowest BCUT2D eigenvalue weighted by atomic mass is 10.1. The Bertz CT molecular complexity index is 824. The maximum Gasteiger partial charge on any atom is 0.165 e. The van der Waals surface area contributed by atoms with E-state index in [1.165, 1.54) is 22.0 Å². The number of hydrogen-bond donors (Lipinski definition) is 2. The topological polar surface area (TPSA) is 46.3 Å². The van der Waals surface area contributed by atoms with Gasteiger partial charge in [-0.05, 0) is 43.1 Å². The number of aromatic nitrogens is 1. The van der Waals surface area contributed by atoms with Crippen molar-refractivity contribution in [1.82, 2.24) is 10.3 Å². The standard InChI is InChI=1S/C20H24N2O2/c1-14-6-4-8-17-19(14)15(13-22-17)10-11-21-12-16-7-5-9-18(23-2)20(16)24-3/h4-9,13,21-22H,10-12H2,1-3H3. The summed E-state index contributed by atoms with van der Waals surface area (Å²) in [6.45, 7) is 3.82. The Hall–Kier alpha value is -2.46. The molecule has 4 heteroatoms. The minimum atomic E-state index is 0.752. The molecular weight excluding hydrogens is 300 g/mol. The number of H-pyrrole nitrogens is 1. The molecule has 1 aromatic heterocycles. The lowest BCUT2D eigenvalue weighted by Crippen LogP contribution is -2.17. The lowest BCUT2D eigenvalue weighted by Gasteiger charge is -2.13. The second kappa shape index (κ2) is 7.41. The minimum absolute atomic E-state index is 0.752. The molecule has 1 heterocycles. The van der Waals surface area contributed by atoms with E-state index in [0.29, 0.717) is 0 Å². The molecule has 0 fully saturated rings. The van der Waals surface area contributed by atoms with Crippen molar-refractivity contribution in [2.45, 2.75) is 19.9 Å². The zero-order valence-corrected chi connectivity index (χ0v) is 14.5. The van der Waals surface area contributed by atoms with Crippen LogP contribution in [0, 0.1) is 6.92 Å². The molecule has 2 aromatic carbocycles. The van der Waals surface area contributed by atoms with E-state index in [4.69, 9.17) is 9.47 Å². The summed E-state index contributed by atoms with van der Waals surface area (Å²) in [6, 6.07) is 12.3. The molecule has 2 N–H and O–H groups in total. The van der Waals surface area contributed by atoms with Gasteiger partial charge >= 0.3 is 0 Å². The number of aryl methyl sites for hydroxylation is 1. The third-order valence-electron chi connectivity index (χ3n) is 4.37. The number of ether oxygens (including phenoxy) is 2. The van der Waals surface area contributed by atoms with Crippen molar-refractivity contribution in [1.29, 1.82) is 0 Å². The molecule has 0 atom stereocenters. The Morgan fingerprint density at radius 3 is 2.62 bits per heavy atom. The van der Waals surface area contributed by atoms with Crippen molar-refractivity contribution in [3.63, 3.8) is 0 Å². The third kappa shape index (κ3) is 3.24. The molecule has 0 aliphatic heterocycles. The number of nitrogens with one attached hydrogen (secondary N) is 2. The molecule has 0 aliphatic carbocycles. The highest BCUT2D eigenvalue weighted by Gasteiger charge is 2.09. The molecule has 0 unspecified atom stereocenters. The first-order chi connectivity index (χ1) is 11.7. The fraction of sp³-hybridized carbons (Fsp3) is 0.300. The molecule has 0 saturated heterocycles.